The summed E-state index contributed by atoms with van der Waals surface area (Å²) in [6.45, 7) is 3.83. The van der Waals surface area contributed by atoms with Gasteiger partial charge in [-0.2, -0.15) is 0 Å². The molecule has 2 amide bonds. The average Bonchev–Trinajstić information content (AvgIpc) is 3.48. The second-order valence-corrected chi connectivity index (χ2v) is 10.7. The number of imidazole rings is 1. The number of β-lactam (4-membered cyclic amide) rings is 1. The van der Waals surface area contributed by atoms with E-state index in [0.717, 1.165) is 17.0 Å². The number of hydrogen-bond acceptors (Lipinski definition) is 9. The van der Waals surface area contributed by atoms with Gasteiger partial charge in [-0.1, -0.05) is 11.2 Å². The zero-order valence-electron chi connectivity index (χ0n) is 19.9. The van der Waals surface area contributed by atoms with Crippen LogP contribution in [-0.4, -0.2) is 66.2 Å². The largest absolute Gasteiger partial charge is 0.477 e. The first-order valence-corrected chi connectivity index (χ1v) is 13.3. The Morgan fingerprint density at radius 1 is 1.38 bits per heavy atom. The van der Waals surface area contributed by atoms with Crippen LogP contribution in [0, 0.1) is 0 Å². The monoisotopic (exact) mass is 542 g/mol. The van der Waals surface area contributed by atoms with Crippen LogP contribution in [0.2, 0.25) is 0 Å². The minimum Gasteiger partial charge on any atom is -0.477 e. The van der Waals surface area contributed by atoms with Crippen LogP contribution in [0.1, 0.15) is 19.5 Å². The van der Waals surface area contributed by atoms with Crippen molar-refractivity contribution in [3.63, 3.8) is 0 Å². The van der Waals surface area contributed by atoms with Crippen LogP contribution in [-0.2, 0) is 25.8 Å². The highest BCUT2D eigenvalue weighted by atomic mass is 32.2. The third-order valence-electron chi connectivity index (χ3n) is 5.80. The van der Waals surface area contributed by atoms with Crippen LogP contribution in [0.15, 0.2) is 58.6 Å². The van der Waals surface area contributed by atoms with Crippen molar-refractivity contribution in [1.82, 2.24) is 19.6 Å². The maximum absolute atomic E-state index is 13.1. The van der Waals surface area contributed by atoms with Gasteiger partial charge in [-0.25, -0.2) is 18.7 Å². The van der Waals surface area contributed by atoms with Crippen LogP contribution in [0.4, 0.5) is 5.13 Å². The minimum atomic E-state index is -1.19. The Morgan fingerprint density at radius 2 is 2.19 bits per heavy atom. The summed E-state index contributed by atoms with van der Waals surface area (Å²) < 4.78 is 3.86. The number of nitrogen functional groups attached to an aromatic ring is 1. The van der Waals surface area contributed by atoms with E-state index in [9.17, 15) is 19.5 Å². The van der Waals surface area contributed by atoms with Crippen LogP contribution in [0.25, 0.3) is 5.65 Å². The molecule has 0 radical (unpaired) electrons. The second-order valence-electron chi connectivity index (χ2n) is 8.68. The number of aliphatic carboxylic acids is 1. The van der Waals surface area contributed by atoms with Gasteiger partial charge >= 0.3 is 5.97 Å². The fourth-order valence-electron chi connectivity index (χ4n) is 4.16. The predicted molar refractivity (Wildman–Crippen MR) is 137 cm³/mol. The number of amides is 2. The van der Waals surface area contributed by atoms with Crippen molar-refractivity contribution in [2.75, 3.05) is 11.5 Å². The lowest BCUT2D eigenvalue weighted by molar-refractivity contribution is -0.662. The molecule has 1 saturated heterocycles. The standard InChI is InChI=1S/C23H23N7O5S2/c1-12(2)35-27-16(14-11-37-23(24)25-14)19(31)26-17-20(32)30-18(22(33)34)13(10-36-21(17)30)9-29-8-7-28-6-4-3-5-15(28)29/h3-8,11-12,17,21H,9-10H2,1-2H3,(H3-,24,25,26,31,33,34)/p+1/b27-16-/t17-,21+/m1/s1. The van der Waals surface area contributed by atoms with Gasteiger partial charge in [0.05, 0.1) is 6.20 Å². The molecular formula is C23H24N7O5S2+. The number of carboxylic acids is 1. The number of fused-ring (bicyclic) bond motifs is 2. The van der Waals surface area contributed by atoms with Crippen molar-refractivity contribution in [2.24, 2.45) is 5.16 Å². The average molecular weight is 543 g/mol. The molecule has 0 bridgehead atoms. The van der Waals surface area contributed by atoms with Gasteiger partial charge in [-0.15, -0.1) is 23.1 Å². The SMILES string of the molecule is CC(C)O/N=C(\C(=O)N[C@@H]1C(=O)N2C(C(=O)O)=C(C[n+]3ccn4ccccc43)CS[C@@H]12)c1csc(N)n1. The van der Waals surface area contributed by atoms with E-state index in [-0.39, 0.29) is 28.3 Å². The van der Waals surface area contributed by atoms with E-state index in [1.165, 1.54) is 16.7 Å². The Balaban J connectivity index is 1.37. The van der Waals surface area contributed by atoms with E-state index in [0.29, 0.717) is 17.9 Å². The van der Waals surface area contributed by atoms with Crippen molar-refractivity contribution in [3.05, 3.63) is 59.1 Å². The van der Waals surface area contributed by atoms with E-state index in [1.54, 1.807) is 19.2 Å². The summed E-state index contributed by atoms with van der Waals surface area (Å²) >= 11 is 2.54. The van der Waals surface area contributed by atoms with Gasteiger partial charge in [0, 0.05) is 22.8 Å². The smallest absolute Gasteiger partial charge is 0.352 e. The number of nitrogens with one attached hydrogen (secondary N) is 1. The molecule has 3 aromatic rings. The van der Waals surface area contributed by atoms with E-state index < -0.39 is 29.2 Å². The fourth-order valence-corrected chi connectivity index (χ4v) is 6.04. The fraction of sp³-hybridized carbons (Fsp3) is 0.304. The summed E-state index contributed by atoms with van der Waals surface area (Å²) in [5.74, 6) is -1.96. The summed E-state index contributed by atoms with van der Waals surface area (Å²) in [7, 11) is 0. The minimum absolute atomic E-state index is 0.0497. The Kier molecular flexibility index (Phi) is 6.60. The molecule has 1 fully saturated rings. The predicted octanol–water partition coefficient (Wildman–Crippen LogP) is 0.833. The number of nitrogens with two attached hydrogens (primary N) is 1. The molecule has 2 aliphatic rings. The lowest BCUT2D eigenvalue weighted by Crippen LogP contribution is -2.71. The van der Waals surface area contributed by atoms with Gasteiger partial charge in [-0.05, 0) is 19.9 Å². The first-order chi connectivity index (χ1) is 17.7. The molecule has 2 aliphatic heterocycles. The summed E-state index contributed by atoms with van der Waals surface area (Å²) in [6, 6.07) is 4.82. The van der Waals surface area contributed by atoms with E-state index in [1.807, 2.05) is 45.8 Å². The lowest BCUT2D eigenvalue weighted by atomic mass is 10.0. The van der Waals surface area contributed by atoms with Gasteiger partial charge in [0.2, 0.25) is 0 Å². The van der Waals surface area contributed by atoms with Crippen LogP contribution in [0.5, 0.6) is 0 Å². The van der Waals surface area contributed by atoms with Crippen LogP contribution >= 0.6 is 23.1 Å². The normalized spacial score (nSPS) is 19.7. The van der Waals surface area contributed by atoms with E-state index in [4.69, 9.17) is 10.6 Å². The highest BCUT2D eigenvalue weighted by Crippen LogP contribution is 2.40. The summed E-state index contributed by atoms with van der Waals surface area (Å²) in [5, 5.41) is 17.9. The third-order valence-corrected chi connectivity index (χ3v) is 7.81. The second kappa shape index (κ2) is 9.86. The van der Waals surface area contributed by atoms with Crippen molar-refractivity contribution in [2.45, 2.75) is 37.9 Å². The molecule has 5 rings (SSSR count). The first kappa shape index (κ1) is 24.8. The summed E-state index contributed by atoms with van der Waals surface area (Å²) in [4.78, 5) is 49.1. The van der Waals surface area contributed by atoms with Crippen molar-refractivity contribution in [1.29, 1.82) is 0 Å². The van der Waals surface area contributed by atoms with Gasteiger partial charge < -0.3 is 21.0 Å². The first-order valence-electron chi connectivity index (χ1n) is 11.4. The molecule has 2 atom stereocenters. The Bertz CT molecular complexity index is 1460. The number of carbonyl (C=O) groups is 3. The van der Waals surface area contributed by atoms with Crippen molar-refractivity contribution in [3.8, 4) is 0 Å². The van der Waals surface area contributed by atoms with Gasteiger partial charge in [0.1, 0.15) is 47.8 Å². The number of oxime groups is 1. The number of nitrogens with zero attached hydrogens (tertiary/aromatic N) is 5. The molecule has 12 nitrogen and oxygen atoms in total. The molecule has 3 aromatic heterocycles. The van der Waals surface area contributed by atoms with E-state index in [2.05, 4.69) is 15.5 Å². The Hall–Kier alpha value is -3.91. The van der Waals surface area contributed by atoms with E-state index >= 15 is 0 Å². The molecule has 4 N–H and O–H groups in total. The van der Waals surface area contributed by atoms with Gasteiger partial charge in [0.15, 0.2) is 10.8 Å². The summed E-state index contributed by atoms with van der Waals surface area (Å²) in [6.07, 6.45) is 5.37. The zero-order chi connectivity index (χ0) is 26.3. The summed E-state index contributed by atoms with van der Waals surface area (Å²) in [5.41, 5.74) is 7.28. The molecule has 0 unspecified atom stereocenters. The van der Waals surface area contributed by atoms with Crippen molar-refractivity contribution >= 4 is 57.4 Å². The zero-order valence-corrected chi connectivity index (χ0v) is 21.5. The molecule has 0 aliphatic carbocycles. The maximum Gasteiger partial charge on any atom is 0.352 e. The maximum atomic E-state index is 13.1. The molecular weight excluding hydrogens is 518 g/mol. The van der Waals surface area contributed by atoms with Gasteiger partial charge in [-0.3, -0.25) is 14.5 Å². The molecule has 14 heteroatoms. The number of anilines is 1. The number of rotatable bonds is 8. The number of thioether (sulfide) groups is 1. The molecule has 192 valence electrons. The molecule has 0 spiro atoms. The highest BCUT2D eigenvalue weighted by molar-refractivity contribution is 8.00. The lowest BCUT2D eigenvalue weighted by Gasteiger charge is -2.49. The highest BCUT2D eigenvalue weighted by Gasteiger charge is 2.54. The Morgan fingerprint density at radius 3 is 2.89 bits per heavy atom. The Labute approximate surface area is 219 Å². The number of hydrogen-bond donors (Lipinski definition) is 3. The number of aromatic nitrogens is 3. The number of pyridine rings is 1. The number of carbonyl (C=O) groups excluding carboxylic acids is 2. The van der Waals surface area contributed by atoms with Crippen LogP contribution < -0.4 is 15.6 Å². The quantitative estimate of drug-likeness (QED) is 0.164. The molecule has 5 heterocycles. The van der Waals surface area contributed by atoms with Crippen LogP contribution in [0.3, 0.4) is 0 Å². The van der Waals surface area contributed by atoms with Gasteiger partial charge in [0.25, 0.3) is 17.5 Å². The third kappa shape index (κ3) is 4.64. The molecule has 0 aromatic carbocycles. The van der Waals surface area contributed by atoms with Crippen molar-refractivity contribution < 1.29 is 28.9 Å². The molecule has 37 heavy (non-hydrogen) atoms. The number of thiazole rings is 1. The molecule has 0 saturated carbocycles. The topological polar surface area (TPSA) is 156 Å². The number of carboxylic acid groups (broad SMARTS) is 1.